The van der Waals surface area contributed by atoms with Crippen LogP contribution >= 0.6 is 0 Å². The minimum atomic E-state index is -0.347. The number of likely N-dealkylation sites (tertiary alicyclic amines) is 1. The van der Waals surface area contributed by atoms with E-state index in [4.69, 9.17) is 0 Å². The van der Waals surface area contributed by atoms with Gasteiger partial charge in [-0.05, 0) is 67.0 Å². The van der Waals surface area contributed by atoms with Crippen LogP contribution in [-0.4, -0.2) is 41.5 Å². The lowest BCUT2D eigenvalue weighted by molar-refractivity contribution is -0.130. The standard InChI is InChI=1S/C26H35N3O/c1-20(2)18-28-25(30)26(13-16-29(19-26)23-8-4-5-9-23)17-22-7-3-6-10-24(22)21-11-14-27-15-12-21/h3,6-7,10-12,14-15,20,23H,4-5,8-9,13,16-19H2,1-2H3,(H,28,30). The molecule has 4 rings (SSSR count). The van der Waals surface area contributed by atoms with Gasteiger partial charge in [-0.15, -0.1) is 0 Å². The van der Waals surface area contributed by atoms with Crippen LogP contribution < -0.4 is 5.32 Å². The summed E-state index contributed by atoms with van der Waals surface area (Å²) in [6.45, 7) is 6.98. The van der Waals surface area contributed by atoms with Crippen LogP contribution in [0.1, 0.15) is 51.5 Å². The van der Waals surface area contributed by atoms with E-state index in [1.165, 1.54) is 42.4 Å². The van der Waals surface area contributed by atoms with Crippen LogP contribution in [0.4, 0.5) is 0 Å². The van der Waals surface area contributed by atoms with Gasteiger partial charge in [-0.3, -0.25) is 14.7 Å². The quantitative estimate of drug-likeness (QED) is 0.726. The maximum Gasteiger partial charge on any atom is 0.227 e. The molecule has 2 aliphatic rings. The zero-order valence-electron chi connectivity index (χ0n) is 18.4. The molecule has 1 N–H and O–H groups in total. The molecule has 1 aromatic carbocycles. The number of aromatic nitrogens is 1. The Balaban J connectivity index is 1.62. The van der Waals surface area contributed by atoms with Crippen molar-refractivity contribution in [1.29, 1.82) is 0 Å². The Kier molecular flexibility index (Phi) is 6.52. The van der Waals surface area contributed by atoms with E-state index in [0.29, 0.717) is 12.0 Å². The predicted molar refractivity (Wildman–Crippen MR) is 122 cm³/mol. The zero-order valence-corrected chi connectivity index (χ0v) is 18.4. The fourth-order valence-corrected chi connectivity index (χ4v) is 5.23. The number of carbonyl (C=O) groups excluding carboxylic acids is 1. The largest absolute Gasteiger partial charge is 0.355 e. The van der Waals surface area contributed by atoms with Crippen molar-refractivity contribution in [3.8, 4) is 11.1 Å². The number of amides is 1. The summed E-state index contributed by atoms with van der Waals surface area (Å²) in [4.78, 5) is 20.3. The van der Waals surface area contributed by atoms with Crippen LogP contribution in [-0.2, 0) is 11.2 Å². The summed E-state index contributed by atoms with van der Waals surface area (Å²) in [6, 6.07) is 13.3. The van der Waals surface area contributed by atoms with Crippen molar-refractivity contribution in [2.45, 2.75) is 58.4 Å². The van der Waals surface area contributed by atoms with Crippen molar-refractivity contribution in [3.63, 3.8) is 0 Å². The van der Waals surface area contributed by atoms with Gasteiger partial charge in [0.1, 0.15) is 0 Å². The summed E-state index contributed by atoms with van der Waals surface area (Å²) in [5, 5.41) is 3.28. The van der Waals surface area contributed by atoms with Crippen LogP contribution in [0.25, 0.3) is 11.1 Å². The third-order valence-corrected chi connectivity index (χ3v) is 6.91. The van der Waals surface area contributed by atoms with Gasteiger partial charge < -0.3 is 5.32 Å². The second kappa shape index (κ2) is 9.30. The van der Waals surface area contributed by atoms with Crippen LogP contribution in [0.15, 0.2) is 48.8 Å². The first-order chi connectivity index (χ1) is 14.6. The molecule has 1 aliphatic carbocycles. The van der Waals surface area contributed by atoms with E-state index in [2.05, 4.69) is 65.4 Å². The highest BCUT2D eigenvalue weighted by atomic mass is 16.2. The molecule has 1 atom stereocenters. The van der Waals surface area contributed by atoms with E-state index < -0.39 is 0 Å². The smallest absolute Gasteiger partial charge is 0.227 e. The Labute approximate surface area is 181 Å². The molecule has 2 fully saturated rings. The molecule has 2 heterocycles. The maximum atomic E-state index is 13.5. The molecule has 30 heavy (non-hydrogen) atoms. The first-order valence-electron chi connectivity index (χ1n) is 11.6. The van der Waals surface area contributed by atoms with Gasteiger partial charge in [0.25, 0.3) is 0 Å². The van der Waals surface area contributed by atoms with Crippen molar-refractivity contribution < 1.29 is 4.79 Å². The summed E-state index contributed by atoms with van der Waals surface area (Å²) in [7, 11) is 0. The minimum Gasteiger partial charge on any atom is -0.355 e. The Hall–Kier alpha value is -2.20. The molecule has 1 unspecified atom stereocenters. The van der Waals surface area contributed by atoms with Crippen molar-refractivity contribution in [1.82, 2.24) is 15.2 Å². The van der Waals surface area contributed by atoms with Gasteiger partial charge in [0, 0.05) is 31.5 Å². The topological polar surface area (TPSA) is 45.2 Å². The van der Waals surface area contributed by atoms with E-state index in [0.717, 1.165) is 32.5 Å². The molecule has 0 bridgehead atoms. The lowest BCUT2D eigenvalue weighted by atomic mass is 9.78. The van der Waals surface area contributed by atoms with Crippen molar-refractivity contribution in [3.05, 3.63) is 54.4 Å². The Morgan fingerprint density at radius 3 is 2.63 bits per heavy atom. The van der Waals surface area contributed by atoms with Gasteiger partial charge >= 0.3 is 0 Å². The third kappa shape index (κ3) is 4.59. The van der Waals surface area contributed by atoms with Gasteiger partial charge in [-0.25, -0.2) is 0 Å². The monoisotopic (exact) mass is 405 g/mol. The first kappa shape index (κ1) is 21.0. The maximum absolute atomic E-state index is 13.5. The number of nitrogens with one attached hydrogen (secondary N) is 1. The van der Waals surface area contributed by atoms with Crippen LogP contribution in [0.2, 0.25) is 0 Å². The summed E-state index contributed by atoms with van der Waals surface area (Å²) in [5.74, 6) is 0.698. The number of rotatable bonds is 7. The number of pyridine rings is 1. The molecule has 4 nitrogen and oxygen atoms in total. The van der Waals surface area contributed by atoms with Gasteiger partial charge in [-0.1, -0.05) is 51.0 Å². The summed E-state index contributed by atoms with van der Waals surface area (Å²) in [6.07, 6.45) is 10.7. The minimum absolute atomic E-state index is 0.237. The first-order valence-corrected chi connectivity index (χ1v) is 11.6. The Morgan fingerprint density at radius 1 is 1.17 bits per heavy atom. The molecule has 4 heteroatoms. The molecular weight excluding hydrogens is 370 g/mol. The van der Waals surface area contributed by atoms with Gasteiger partial charge in [0.15, 0.2) is 0 Å². The average Bonchev–Trinajstić information content (AvgIpc) is 3.44. The second-order valence-corrected chi connectivity index (χ2v) is 9.61. The number of benzene rings is 1. The molecule has 1 saturated heterocycles. The molecule has 1 aliphatic heterocycles. The SMILES string of the molecule is CC(C)CNC(=O)C1(Cc2ccccc2-c2ccncc2)CCN(C2CCCC2)C1. The molecule has 0 spiro atoms. The summed E-state index contributed by atoms with van der Waals surface area (Å²) < 4.78 is 0. The molecule has 160 valence electrons. The number of nitrogens with zero attached hydrogens (tertiary/aromatic N) is 2. The van der Waals surface area contributed by atoms with E-state index in [-0.39, 0.29) is 11.3 Å². The lowest BCUT2D eigenvalue weighted by Gasteiger charge is -2.31. The van der Waals surface area contributed by atoms with E-state index in [9.17, 15) is 4.79 Å². The van der Waals surface area contributed by atoms with Crippen LogP contribution in [0, 0.1) is 11.3 Å². The second-order valence-electron chi connectivity index (χ2n) is 9.61. The van der Waals surface area contributed by atoms with Crippen molar-refractivity contribution in [2.24, 2.45) is 11.3 Å². The summed E-state index contributed by atoms with van der Waals surface area (Å²) >= 11 is 0. The molecular formula is C26H35N3O. The third-order valence-electron chi connectivity index (χ3n) is 6.91. The Bertz CT molecular complexity index is 844. The fraction of sp³-hybridized carbons (Fsp3) is 0.538. The molecule has 0 radical (unpaired) electrons. The zero-order chi connectivity index (χ0) is 21.0. The summed E-state index contributed by atoms with van der Waals surface area (Å²) in [5.41, 5.74) is 3.30. The Morgan fingerprint density at radius 2 is 1.90 bits per heavy atom. The van der Waals surface area contributed by atoms with Crippen LogP contribution in [0.5, 0.6) is 0 Å². The normalized spacial score (nSPS) is 22.6. The average molecular weight is 406 g/mol. The number of carbonyl (C=O) groups is 1. The molecule has 1 amide bonds. The number of hydrogen-bond acceptors (Lipinski definition) is 3. The van der Waals surface area contributed by atoms with E-state index in [1.54, 1.807) is 0 Å². The van der Waals surface area contributed by atoms with Crippen LogP contribution in [0.3, 0.4) is 0 Å². The fourth-order valence-electron chi connectivity index (χ4n) is 5.23. The highest BCUT2D eigenvalue weighted by Crippen LogP contribution is 2.40. The molecule has 1 saturated carbocycles. The highest BCUT2D eigenvalue weighted by molar-refractivity contribution is 5.84. The van der Waals surface area contributed by atoms with E-state index in [1.807, 2.05) is 12.4 Å². The predicted octanol–water partition coefficient (Wildman–Crippen LogP) is 4.70. The van der Waals surface area contributed by atoms with Gasteiger partial charge in [-0.2, -0.15) is 0 Å². The molecule has 1 aromatic heterocycles. The van der Waals surface area contributed by atoms with Crippen molar-refractivity contribution in [2.75, 3.05) is 19.6 Å². The highest BCUT2D eigenvalue weighted by Gasteiger charge is 2.46. The molecule has 2 aromatic rings. The van der Waals surface area contributed by atoms with E-state index >= 15 is 0 Å². The lowest BCUT2D eigenvalue weighted by Crippen LogP contribution is -2.46. The van der Waals surface area contributed by atoms with Crippen molar-refractivity contribution >= 4 is 5.91 Å². The van der Waals surface area contributed by atoms with Gasteiger partial charge in [0.2, 0.25) is 5.91 Å². The number of hydrogen-bond donors (Lipinski definition) is 1. The van der Waals surface area contributed by atoms with Gasteiger partial charge in [0.05, 0.1) is 5.41 Å².